The lowest BCUT2D eigenvalue weighted by atomic mass is 9.99. The van der Waals surface area contributed by atoms with E-state index in [0.717, 1.165) is 19.3 Å². The summed E-state index contributed by atoms with van der Waals surface area (Å²) in [5.41, 5.74) is 0. The molecule has 36 heavy (non-hydrogen) atoms. The molecule has 0 aliphatic heterocycles. The van der Waals surface area contributed by atoms with Gasteiger partial charge in [-0.2, -0.15) is 8.42 Å². The van der Waals surface area contributed by atoms with Gasteiger partial charge < -0.3 is 0 Å². The van der Waals surface area contributed by atoms with Crippen LogP contribution in [-0.4, -0.2) is 19.6 Å². The third-order valence-corrected chi connectivity index (χ3v) is 7.68. The summed E-state index contributed by atoms with van der Waals surface area (Å²) < 4.78 is 35.6. The summed E-state index contributed by atoms with van der Waals surface area (Å²) in [5, 5.41) is 0. The molecule has 0 aromatic carbocycles. The van der Waals surface area contributed by atoms with E-state index in [1.807, 2.05) is 0 Å². The van der Waals surface area contributed by atoms with E-state index in [-0.39, 0.29) is 12.5 Å². The molecule has 0 saturated carbocycles. The van der Waals surface area contributed by atoms with Crippen LogP contribution in [0, 0.1) is 5.92 Å². The van der Waals surface area contributed by atoms with Gasteiger partial charge >= 0.3 is 10.4 Å². The van der Waals surface area contributed by atoms with Gasteiger partial charge in [0.2, 0.25) is 0 Å². The largest absolute Gasteiger partial charge is 0.397 e. The van der Waals surface area contributed by atoms with Crippen molar-refractivity contribution in [2.75, 3.05) is 6.61 Å². The van der Waals surface area contributed by atoms with E-state index in [4.69, 9.17) is 4.55 Å². The summed E-state index contributed by atoms with van der Waals surface area (Å²) in [5.74, 6) is 0.0584. The van der Waals surface area contributed by atoms with Crippen LogP contribution >= 0.6 is 0 Å². The van der Waals surface area contributed by atoms with Gasteiger partial charge in [0.25, 0.3) is 0 Å². The first-order valence-corrected chi connectivity index (χ1v) is 17.1. The van der Waals surface area contributed by atoms with Gasteiger partial charge in [-0.1, -0.05) is 167 Å². The van der Waals surface area contributed by atoms with Crippen LogP contribution in [0.1, 0.15) is 174 Å². The number of hydrogen-bond acceptors (Lipinski definition) is 3. The molecule has 0 amide bonds. The van der Waals surface area contributed by atoms with E-state index in [1.54, 1.807) is 0 Å². The van der Waals surface area contributed by atoms with Crippen LogP contribution in [0.25, 0.3) is 0 Å². The van der Waals surface area contributed by atoms with Crippen molar-refractivity contribution in [2.24, 2.45) is 5.92 Å². The SMILES string of the molecule is CCCCCCCCCCCCCCCC/C=C/C(CCCCCCCCCCC)COS(=O)(=O)O. The average molecular weight is 531 g/mol. The second-order valence-corrected chi connectivity index (χ2v) is 12.0. The van der Waals surface area contributed by atoms with Crippen LogP contribution in [-0.2, 0) is 14.6 Å². The molecule has 0 aliphatic rings. The molecule has 216 valence electrons. The molecule has 0 heterocycles. The van der Waals surface area contributed by atoms with Gasteiger partial charge in [0.05, 0.1) is 6.61 Å². The first-order chi connectivity index (χ1) is 17.5. The number of rotatable bonds is 29. The first-order valence-electron chi connectivity index (χ1n) is 15.8. The summed E-state index contributed by atoms with van der Waals surface area (Å²) in [6.45, 7) is 4.57. The van der Waals surface area contributed by atoms with Crippen LogP contribution < -0.4 is 0 Å². The second-order valence-electron chi connectivity index (χ2n) is 10.9. The molecule has 0 aromatic rings. The number of hydrogen-bond donors (Lipinski definition) is 1. The molecule has 0 fully saturated rings. The Morgan fingerprint density at radius 3 is 1.33 bits per heavy atom. The highest BCUT2D eigenvalue weighted by molar-refractivity contribution is 7.80. The van der Waals surface area contributed by atoms with Crippen molar-refractivity contribution in [2.45, 2.75) is 174 Å². The Morgan fingerprint density at radius 1 is 0.583 bits per heavy atom. The van der Waals surface area contributed by atoms with E-state index < -0.39 is 10.4 Å². The zero-order chi connectivity index (χ0) is 26.6. The molecule has 0 spiro atoms. The van der Waals surface area contributed by atoms with E-state index in [0.29, 0.717) is 0 Å². The van der Waals surface area contributed by atoms with Crippen LogP contribution in [0.2, 0.25) is 0 Å². The van der Waals surface area contributed by atoms with Crippen molar-refractivity contribution >= 4 is 10.4 Å². The maximum absolute atomic E-state index is 11.0. The van der Waals surface area contributed by atoms with E-state index in [9.17, 15) is 8.42 Å². The monoisotopic (exact) mass is 530 g/mol. The minimum atomic E-state index is -4.36. The lowest BCUT2D eigenvalue weighted by molar-refractivity contribution is 0.234. The molecule has 5 heteroatoms. The van der Waals surface area contributed by atoms with Gasteiger partial charge in [-0.3, -0.25) is 4.55 Å². The Hall–Kier alpha value is -0.390. The number of allylic oxidation sites excluding steroid dienone is 1. The summed E-state index contributed by atoms with van der Waals surface area (Å²) in [4.78, 5) is 0. The average Bonchev–Trinajstić information content (AvgIpc) is 2.84. The van der Waals surface area contributed by atoms with Crippen LogP contribution in [0.3, 0.4) is 0 Å². The smallest absolute Gasteiger partial charge is 0.264 e. The van der Waals surface area contributed by atoms with Crippen molar-refractivity contribution in [1.29, 1.82) is 0 Å². The van der Waals surface area contributed by atoms with Gasteiger partial charge in [-0.15, -0.1) is 0 Å². The molecule has 0 aliphatic carbocycles. The Balaban J connectivity index is 3.77. The van der Waals surface area contributed by atoms with Gasteiger partial charge in [-0.05, 0) is 19.3 Å². The predicted molar refractivity (Wildman–Crippen MR) is 157 cm³/mol. The van der Waals surface area contributed by atoms with Crippen molar-refractivity contribution in [3.8, 4) is 0 Å². The van der Waals surface area contributed by atoms with E-state index >= 15 is 0 Å². The topological polar surface area (TPSA) is 63.6 Å². The molecule has 0 radical (unpaired) electrons. The van der Waals surface area contributed by atoms with Crippen LogP contribution in [0.15, 0.2) is 12.2 Å². The Kier molecular flexibility index (Phi) is 27.3. The molecule has 1 atom stereocenters. The Labute approximate surface area is 226 Å². The molecule has 1 unspecified atom stereocenters. The van der Waals surface area contributed by atoms with Gasteiger partial charge in [0.15, 0.2) is 0 Å². The van der Waals surface area contributed by atoms with Gasteiger partial charge in [-0.25, -0.2) is 4.18 Å². The maximum Gasteiger partial charge on any atom is 0.397 e. The summed E-state index contributed by atoms with van der Waals surface area (Å²) in [6.07, 6.45) is 36.9. The highest BCUT2D eigenvalue weighted by Gasteiger charge is 2.11. The third-order valence-electron chi connectivity index (χ3n) is 7.24. The van der Waals surface area contributed by atoms with Crippen molar-refractivity contribution in [3.05, 3.63) is 12.2 Å². The van der Waals surface area contributed by atoms with Gasteiger partial charge in [0, 0.05) is 5.92 Å². The fraction of sp³-hybridized carbons (Fsp3) is 0.935. The lowest BCUT2D eigenvalue weighted by Gasteiger charge is -2.12. The highest BCUT2D eigenvalue weighted by atomic mass is 32.3. The Bertz CT molecular complexity index is 559. The lowest BCUT2D eigenvalue weighted by Crippen LogP contribution is -2.12. The molecule has 0 bridgehead atoms. The summed E-state index contributed by atoms with van der Waals surface area (Å²) in [6, 6.07) is 0. The van der Waals surface area contributed by atoms with Crippen molar-refractivity contribution in [3.63, 3.8) is 0 Å². The number of unbranched alkanes of at least 4 members (excludes halogenated alkanes) is 22. The van der Waals surface area contributed by atoms with E-state index in [1.165, 1.54) is 141 Å². The molecule has 1 N–H and O–H groups in total. The molecule has 0 rings (SSSR count). The summed E-state index contributed by atoms with van der Waals surface area (Å²) in [7, 11) is -4.36. The normalized spacial score (nSPS) is 13.1. The zero-order valence-corrected chi connectivity index (χ0v) is 25.0. The minimum Gasteiger partial charge on any atom is -0.264 e. The Morgan fingerprint density at radius 2 is 0.944 bits per heavy atom. The van der Waals surface area contributed by atoms with Crippen molar-refractivity contribution in [1.82, 2.24) is 0 Å². The highest BCUT2D eigenvalue weighted by Crippen LogP contribution is 2.17. The van der Waals surface area contributed by atoms with E-state index in [2.05, 4.69) is 30.2 Å². The third kappa shape index (κ3) is 29.8. The standard InChI is InChI=1S/C31H62O4S/c1-3-5-7-9-11-13-14-15-16-17-18-19-21-23-25-27-29-31(30-35-36(32,33)34)28-26-24-22-20-12-10-8-6-4-2/h27,29,31H,3-26,28,30H2,1-2H3,(H,32,33,34)/b29-27+. The van der Waals surface area contributed by atoms with Crippen LogP contribution in [0.5, 0.6) is 0 Å². The summed E-state index contributed by atoms with van der Waals surface area (Å²) >= 11 is 0. The molecule has 4 nitrogen and oxygen atoms in total. The molecular weight excluding hydrogens is 468 g/mol. The molecule has 0 aromatic heterocycles. The zero-order valence-electron chi connectivity index (χ0n) is 24.2. The van der Waals surface area contributed by atoms with Crippen LogP contribution in [0.4, 0.5) is 0 Å². The van der Waals surface area contributed by atoms with Gasteiger partial charge in [0.1, 0.15) is 0 Å². The minimum absolute atomic E-state index is 0.0467. The fourth-order valence-corrected chi connectivity index (χ4v) is 5.22. The second kappa shape index (κ2) is 27.6. The van der Waals surface area contributed by atoms with Crippen molar-refractivity contribution < 1.29 is 17.2 Å². The predicted octanol–water partition coefficient (Wildman–Crippen LogP) is 10.8. The first kappa shape index (κ1) is 35.6. The quantitative estimate of drug-likeness (QED) is 0.0593. The molecular formula is C31H62O4S. The molecule has 0 saturated heterocycles. The fourth-order valence-electron chi connectivity index (χ4n) is 4.87. The maximum atomic E-state index is 11.0.